The van der Waals surface area contributed by atoms with Gasteiger partial charge in [0.25, 0.3) is 0 Å². The second-order valence-electron chi connectivity index (χ2n) is 6.50. The van der Waals surface area contributed by atoms with E-state index >= 15 is 0 Å². The molecule has 2 nitrogen and oxygen atoms in total. The molecule has 3 aromatic rings. The zero-order chi connectivity index (χ0) is 20.0. The fraction of sp³-hybridized carbons (Fsp3) is 0.417. The van der Waals surface area contributed by atoms with Gasteiger partial charge in [0.1, 0.15) is 0 Å². The molecule has 3 rings (SSSR count). The second kappa shape index (κ2) is 9.47. The first kappa shape index (κ1) is 21.8. The molecule has 0 heterocycles. The number of nitrogens with zero attached hydrogens (tertiary/aromatic N) is 2. The van der Waals surface area contributed by atoms with Crippen LogP contribution in [0.3, 0.4) is 0 Å². The van der Waals surface area contributed by atoms with Crippen molar-refractivity contribution in [3.63, 3.8) is 0 Å². The van der Waals surface area contributed by atoms with Crippen LogP contribution in [0.25, 0.3) is 21.5 Å². The van der Waals surface area contributed by atoms with Crippen molar-refractivity contribution in [3.8, 4) is 0 Å². The van der Waals surface area contributed by atoms with Gasteiger partial charge in [0.05, 0.1) is 0 Å². The predicted molar refractivity (Wildman–Crippen MR) is 122 cm³/mol. The van der Waals surface area contributed by atoms with Gasteiger partial charge in [0, 0.05) is 39.6 Å². The maximum Gasteiger partial charge on any atom is 0.0367 e. The summed E-state index contributed by atoms with van der Waals surface area (Å²) in [6.45, 7) is 12.5. The average Bonchev–Trinajstić information content (AvgIpc) is 2.68. The molecule has 0 spiro atoms. The molecule has 0 unspecified atom stereocenters. The summed E-state index contributed by atoms with van der Waals surface area (Å²) >= 11 is 0. The van der Waals surface area contributed by atoms with Crippen molar-refractivity contribution < 1.29 is 0 Å². The van der Waals surface area contributed by atoms with Crippen LogP contribution in [0.5, 0.6) is 0 Å². The highest BCUT2D eigenvalue weighted by Crippen LogP contribution is 2.35. The lowest BCUT2D eigenvalue weighted by molar-refractivity contribution is 1.13. The Morgan fingerprint density at radius 1 is 0.500 bits per heavy atom. The number of benzene rings is 3. The Morgan fingerprint density at radius 3 is 1.08 bits per heavy atom. The van der Waals surface area contributed by atoms with E-state index in [9.17, 15) is 0 Å². The molecule has 0 saturated heterocycles. The molecular formula is C24H36N2. The lowest BCUT2D eigenvalue weighted by atomic mass is 9.92. The lowest BCUT2D eigenvalue weighted by Gasteiger charge is -2.19. The van der Waals surface area contributed by atoms with Crippen LogP contribution in [0.2, 0.25) is 0 Å². The molecule has 0 bridgehead atoms. The SMILES string of the molecule is CC.CC.Cc1c2ccc(N(C)C)cc2c(C)c2ccc(N(C)C)cc12. The van der Waals surface area contributed by atoms with E-state index < -0.39 is 0 Å². The van der Waals surface area contributed by atoms with Gasteiger partial charge < -0.3 is 9.80 Å². The van der Waals surface area contributed by atoms with E-state index in [-0.39, 0.29) is 0 Å². The first-order valence-electron chi connectivity index (χ1n) is 9.71. The van der Waals surface area contributed by atoms with Gasteiger partial charge in [-0.05, 0) is 70.8 Å². The minimum absolute atomic E-state index is 1.25. The number of fused-ring (bicyclic) bond motifs is 2. The van der Waals surface area contributed by atoms with Crippen molar-refractivity contribution in [2.75, 3.05) is 38.0 Å². The Hall–Kier alpha value is -2.22. The number of hydrogen-bond donors (Lipinski definition) is 0. The van der Waals surface area contributed by atoms with Crippen molar-refractivity contribution in [2.24, 2.45) is 0 Å². The Balaban J connectivity index is 0.000000791. The van der Waals surface area contributed by atoms with Crippen molar-refractivity contribution in [3.05, 3.63) is 47.5 Å². The summed E-state index contributed by atoms with van der Waals surface area (Å²) in [4.78, 5) is 4.32. The summed E-state index contributed by atoms with van der Waals surface area (Å²) in [6, 6.07) is 13.5. The molecule has 2 heteroatoms. The van der Waals surface area contributed by atoms with E-state index in [1.165, 1.54) is 44.0 Å². The van der Waals surface area contributed by atoms with Gasteiger partial charge in [0.2, 0.25) is 0 Å². The fourth-order valence-corrected chi connectivity index (χ4v) is 3.19. The quantitative estimate of drug-likeness (QED) is 0.468. The van der Waals surface area contributed by atoms with Gasteiger partial charge in [-0.2, -0.15) is 0 Å². The molecule has 0 aromatic heterocycles. The Bertz CT molecular complexity index is 788. The predicted octanol–water partition coefficient (Wildman–Crippen LogP) is 6.79. The Morgan fingerprint density at radius 2 is 0.808 bits per heavy atom. The minimum atomic E-state index is 1.25. The van der Waals surface area contributed by atoms with E-state index in [0.717, 1.165) is 0 Å². The third kappa shape index (κ3) is 4.12. The van der Waals surface area contributed by atoms with Crippen LogP contribution in [-0.2, 0) is 0 Å². The summed E-state index contributed by atoms with van der Waals surface area (Å²) in [5.41, 5.74) is 5.23. The second-order valence-corrected chi connectivity index (χ2v) is 6.50. The Kier molecular flexibility index (Phi) is 7.95. The topological polar surface area (TPSA) is 6.48 Å². The number of hydrogen-bond acceptors (Lipinski definition) is 2. The molecule has 0 atom stereocenters. The first-order chi connectivity index (χ1) is 12.4. The molecule has 0 aliphatic heterocycles. The molecule has 0 amide bonds. The molecule has 0 aliphatic rings. The summed E-state index contributed by atoms with van der Waals surface area (Å²) < 4.78 is 0. The molecule has 0 aliphatic carbocycles. The summed E-state index contributed by atoms with van der Waals surface area (Å²) in [5, 5.41) is 5.42. The van der Waals surface area contributed by atoms with Crippen LogP contribution < -0.4 is 9.80 Å². The van der Waals surface area contributed by atoms with Gasteiger partial charge in [-0.1, -0.05) is 39.8 Å². The molecule has 0 saturated carbocycles. The zero-order valence-electron chi connectivity index (χ0n) is 18.4. The van der Waals surface area contributed by atoms with Crippen LogP contribution in [0, 0.1) is 13.8 Å². The molecule has 0 N–H and O–H groups in total. The normalized spacial score (nSPS) is 9.92. The van der Waals surface area contributed by atoms with Gasteiger partial charge in [-0.3, -0.25) is 0 Å². The third-order valence-corrected chi connectivity index (χ3v) is 4.66. The molecular weight excluding hydrogens is 316 g/mol. The van der Waals surface area contributed by atoms with Gasteiger partial charge in [0.15, 0.2) is 0 Å². The summed E-state index contributed by atoms with van der Waals surface area (Å²) in [6.07, 6.45) is 0. The summed E-state index contributed by atoms with van der Waals surface area (Å²) in [7, 11) is 8.36. The monoisotopic (exact) mass is 352 g/mol. The molecule has 3 aromatic carbocycles. The van der Waals surface area contributed by atoms with Crippen molar-refractivity contribution in [1.29, 1.82) is 0 Å². The highest BCUT2D eigenvalue weighted by atomic mass is 15.1. The standard InChI is InChI=1S/C20H24N2.2C2H6/c1-13-17-9-7-16(22(5)6)12-20(17)14(2)18-10-8-15(21(3)4)11-19(13)18;2*1-2/h7-12H,1-6H3;2*1-2H3. The van der Waals surface area contributed by atoms with Crippen LogP contribution in [0.4, 0.5) is 11.4 Å². The highest BCUT2D eigenvalue weighted by Gasteiger charge is 2.11. The largest absolute Gasteiger partial charge is 0.378 e. The van der Waals surface area contributed by atoms with Crippen molar-refractivity contribution in [1.82, 2.24) is 0 Å². The van der Waals surface area contributed by atoms with Crippen LogP contribution >= 0.6 is 0 Å². The Labute approximate surface area is 160 Å². The first-order valence-corrected chi connectivity index (χ1v) is 9.71. The fourth-order valence-electron chi connectivity index (χ4n) is 3.19. The van der Waals surface area contributed by atoms with Gasteiger partial charge in [-0.15, -0.1) is 0 Å². The van der Waals surface area contributed by atoms with Gasteiger partial charge in [-0.25, -0.2) is 0 Å². The van der Waals surface area contributed by atoms with E-state index in [4.69, 9.17) is 0 Å². The zero-order valence-corrected chi connectivity index (χ0v) is 18.4. The number of anilines is 2. The maximum absolute atomic E-state index is 2.30. The minimum Gasteiger partial charge on any atom is -0.378 e. The molecule has 0 fully saturated rings. The van der Waals surface area contributed by atoms with E-state index in [1.807, 2.05) is 27.7 Å². The van der Waals surface area contributed by atoms with E-state index in [0.29, 0.717) is 0 Å². The van der Waals surface area contributed by atoms with Crippen LogP contribution in [0.1, 0.15) is 38.8 Å². The highest BCUT2D eigenvalue weighted by molar-refractivity contribution is 6.07. The van der Waals surface area contributed by atoms with Gasteiger partial charge >= 0.3 is 0 Å². The maximum atomic E-state index is 2.30. The smallest absolute Gasteiger partial charge is 0.0367 e. The third-order valence-electron chi connectivity index (χ3n) is 4.66. The van der Waals surface area contributed by atoms with Crippen molar-refractivity contribution in [2.45, 2.75) is 41.5 Å². The van der Waals surface area contributed by atoms with Crippen LogP contribution in [0.15, 0.2) is 36.4 Å². The van der Waals surface area contributed by atoms with E-state index in [1.54, 1.807) is 0 Å². The molecule has 142 valence electrons. The molecule has 0 radical (unpaired) electrons. The number of aryl methyl sites for hydroxylation is 2. The average molecular weight is 353 g/mol. The van der Waals surface area contributed by atoms with Crippen LogP contribution in [-0.4, -0.2) is 28.2 Å². The molecule has 26 heavy (non-hydrogen) atoms. The van der Waals surface area contributed by atoms with E-state index in [2.05, 4.69) is 88.2 Å². The summed E-state index contributed by atoms with van der Waals surface area (Å²) in [5.74, 6) is 0. The number of rotatable bonds is 2. The van der Waals surface area contributed by atoms with Crippen molar-refractivity contribution >= 4 is 32.9 Å². The lowest BCUT2D eigenvalue weighted by Crippen LogP contribution is -2.09.